The van der Waals surface area contributed by atoms with E-state index in [0.717, 1.165) is 4.31 Å². The van der Waals surface area contributed by atoms with E-state index in [-0.39, 0.29) is 18.0 Å². The number of aliphatic carboxylic acids is 1. The van der Waals surface area contributed by atoms with Gasteiger partial charge in [0.05, 0.1) is 17.4 Å². The summed E-state index contributed by atoms with van der Waals surface area (Å²) < 4.78 is 25.7. The number of carboxylic acid groups (broad SMARTS) is 1. The predicted molar refractivity (Wildman–Crippen MR) is 83.6 cm³/mol. The van der Waals surface area contributed by atoms with Gasteiger partial charge in [0.25, 0.3) is 0 Å². The van der Waals surface area contributed by atoms with Crippen LogP contribution in [-0.2, 0) is 19.6 Å². The van der Waals surface area contributed by atoms with E-state index in [2.05, 4.69) is 0 Å². The average molecular weight is 361 g/mol. The van der Waals surface area contributed by atoms with Crippen LogP contribution in [-0.4, -0.2) is 61.3 Å². The van der Waals surface area contributed by atoms with Gasteiger partial charge in [0, 0.05) is 25.2 Å². The number of benzene rings is 1. The van der Waals surface area contributed by atoms with Crippen LogP contribution in [0.1, 0.15) is 6.42 Å². The Hall–Kier alpha value is -1.64. The van der Waals surface area contributed by atoms with Crippen LogP contribution < -0.4 is 0 Å². The first kappa shape index (κ1) is 17.7. The summed E-state index contributed by atoms with van der Waals surface area (Å²) >= 11 is 5.73. The average Bonchev–Trinajstić information content (AvgIpc) is 2.97. The Balaban J connectivity index is 2.03. The molecule has 7 nitrogen and oxygen atoms in total. The lowest BCUT2D eigenvalue weighted by atomic mass is 10.1. The van der Waals surface area contributed by atoms with Gasteiger partial charge < -0.3 is 10.0 Å². The van der Waals surface area contributed by atoms with Crippen molar-refractivity contribution in [1.29, 1.82) is 0 Å². The fourth-order valence-electron chi connectivity index (χ4n) is 2.35. The summed E-state index contributed by atoms with van der Waals surface area (Å²) in [5.74, 6) is -1.94. The minimum atomic E-state index is -3.80. The van der Waals surface area contributed by atoms with Gasteiger partial charge in [0.2, 0.25) is 15.9 Å². The number of hydrogen-bond donors (Lipinski definition) is 1. The zero-order valence-corrected chi connectivity index (χ0v) is 14.0. The van der Waals surface area contributed by atoms with Crippen LogP contribution in [0, 0.1) is 5.92 Å². The molecule has 9 heteroatoms. The topological polar surface area (TPSA) is 95.0 Å². The molecule has 1 N–H and O–H groups in total. The van der Waals surface area contributed by atoms with Crippen molar-refractivity contribution in [3.05, 3.63) is 29.3 Å². The molecule has 1 saturated heterocycles. The summed E-state index contributed by atoms with van der Waals surface area (Å²) in [5.41, 5.74) is 0. The lowest BCUT2D eigenvalue weighted by molar-refractivity contribution is -0.141. The maximum absolute atomic E-state index is 12.4. The summed E-state index contributed by atoms with van der Waals surface area (Å²) in [6.07, 6.45) is 0.384. The molecule has 1 fully saturated rings. The van der Waals surface area contributed by atoms with E-state index in [4.69, 9.17) is 16.7 Å². The van der Waals surface area contributed by atoms with E-state index in [1.807, 2.05) is 0 Å². The number of nitrogens with zero attached hydrogens (tertiary/aromatic N) is 2. The highest BCUT2D eigenvalue weighted by Crippen LogP contribution is 2.19. The molecule has 1 aromatic rings. The molecule has 126 valence electrons. The molecule has 0 saturated carbocycles. The lowest BCUT2D eigenvalue weighted by Gasteiger charge is -2.21. The maximum Gasteiger partial charge on any atom is 0.308 e. The number of amides is 1. The number of carbonyl (C=O) groups excluding carboxylic acids is 1. The molecule has 23 heavy (non-hydrogen) atoms. The maximum atomic E-state index is 12.4. The molecular formula is C14H17ClN2O5S. The molecule has 1 atom stereocenters. The first-order valence-electron chi connectivity index (χ1n) is 6.94. The Morgan fingerprint density at radius 3 is 2.48 bits per heavy atom. The monoisotopic (exact) mass is 360 g/mol. The second-order valence-corrected chi connectivity index (χ2v) is 7.86. The summed E-state index contributed by atoms with van der Waals surface area (Å²) in [6.45, 7) is 0.102. The van der Waals surface area contributed by atoms with Crippen LogP contribution in [0.3, 0.4) is 0 Å². The normalized spacial score (nSPS) is 18.4. The second-order valence-electron chi connectivity index (χ2n) is 5.38. The number of halogens is 1. The highest BCUT2D eigenvalue weighted by atomic mass is 35.5. The SMILES string of the molecule is CN(CC(=O)N1CCC(C(=O)O)C1)S(=O)(=O)c1ccc(Cl)cc1. The summed E-state index contributed by atoms with van der Waals surface area (Å²) in [4.78, 5) is 24.5. The van der Waals surface area contributed by atoms with Crippen LogP contribution in [0.15, 0.2) is 29.2 Å². The number of likely N-dealkylation sites (N-methyl/N-ethyl adjacent to an activating group) is 1. The van der Waals surface area contributed by atoms with Crippen molar-refractivity contribution in [1.82, 2.24) is 9.21 Å². The van der Waals surface area contributed by atoms with Gasteiger partial charge in [0.1, 0.15) is 0 Å². The molecule has 1 heterocycles. The minimum absolute atomic E-state index is 0.0436. The van der Waals surface area contributed by atoms with Gasteiger partial charge >= 0.3 is 5.97 Å². The standard InChI is InChI=1S/C14H17ClN2O5S/c1-16(23(21,22)12-4-2-11(15)3-5-12)9-13(18)17-7-6-10(8-17)14(19)20/h2-5,10H,6-9H2,1H3,(H,19,20). The van der Waals surface area contributed by atoms with Crippen molar-refractivity contribution < 1.29 is 23.1 Å². The molecule has 0 radical (unpaired) electrons. The Morgan fingerprint density at radius 1 is 1.35 bits per heavy atom. The molecule has 1 aliphatic rings. The third kappa shape index (κ3) is 4.01. The zero-order chi connectivity index (χ0) is 17.2. The number of hydrogen-bond acceptors (Lipinski definition) is 4. The molecule has 1 aliphatic heterocycles. The van der Waals surface area contributed by atoms with Crippen molar-refractivity contribution in [2.75, 3.05) is 26.7 Å². The molecule has 1 amide bonds. The third-order valence-corrected chi connectivity index (χ3v) is 5.84. The Morgan fingerprint density at radius 2 is 1.96 bits per heavy atom. The smallest absolute Gasteiger partial charge is 0.308 e. The third-order valence-electron chi connectivity index (χ3n) is 3.77. The molecule has 1 aromatic carbocycles. The van der Waals surface area contributed by atoms with Crippen LogP contribution in [0.2, 0.25) is 5.02 Å². The minimum Gasteiger partial charge on any atom is -0.481 e. The first-order valence-corrected chi connectivity index (χ1v) is 8.76. The van der Waals surface area contributed by atoms with Gasteiger partial charge in [-0.15, -0.1) is 0 Å². The summed E-state index contributed by atoms with van der Waals surface area (Å²) in [6, 6.07) is 5.66. The Labute approximate surface area is 139 Å². The van der Waals surface area contributed by atoms with E-state index in [1.54, 1.807) is 0 Å². The molecule has 0 aromatic heterocycles. The quantitative estimate of drug-likeness (QED) is 0.841. The Kier molecular flexibility index (Phi) is 5.28. The van der Waals surface area contributed by atoms with E-state index >= 15 is 0 Å². The zero-order valence-electron chi connectivity index (χ0n) is 12.5. The molecular weight excluding hydrogens is 344 g/mol. The number of likely N-dealkylation sites (tertiary alicyclic amines) is 1. The molecule has 0 spiro atoms. The number of rotatable bonds is 5. The van der Waals surface area contributed by atoms with Gasteiger partial charge in [0.15, 0.2) is 0 Å². The predicted octanol–water partition coefficient (Wildman–Crippen LogP) is 0.894. The fourth-order valence-corrected chi connectivity index (χ4v) is 3.60. The fraction of sp³-hybridized carbons (Fsp3) is 0.429. The van der Waals surface area contributed by atoms with Crippen LogP contribution in [0.5, 0.6) is 0 Å². The van der Waals surface area contributed by atoms with E-state index in [1.165, 1.54) is 36.2 Å². The van der Waals surface area contributed by atoms with Gasteiger partial charge in [-0.05, 0) is 30.7 Å². The Bertz CT molecular complexity index is 704. The van der Waals surface area contributed by atoms with Crippen LogP contribution >= 0.6 is 11.6 Å². The molecule has 0 aliphatic carbocycles. The van der Waals surface area contributed by atoms with Crippen molar-refractivity contribution in [2.24, 2.45) is 5.92 Å². The highest BCUT2D eigenvalue weighted by molar-refractivity contribution is 7.89. The second kappa shape index (κ2) is 6.86. The van der Waals surface area contributed by atoms with Crippen molar-refractivity contribution in [3.63, 3.8) is 0 Å². The van der Waals surface area contributed by atoms with Crippen LogP contribution in [0.25, 0.3) is 0 Å². The van der Waals surface area contributed by atoms with Crippen molar-refractivity contribution in [2.45, 2.75) is 11.3 Å². The largest absolute Gasteiger partial charge is 0.481 e. The number of carboxylic acids is 1. The number of sulfonamides is 1. The number of carbonyl (C=O) groups is 2. The molecule has 1 unspecified atom stereocenters. The van der Waals surface area contributed by atoms with Gasteiger partial charge in [-0.25, -0.2) is 8.42 Å². The summed E-state index contributed by atoms with van der Waals surface area (Å²) in [7, 11) is -2.49. The first-order chi connectivity index (χ1) is 10.7. The lowest BCUT2D eigenvalue weighted by Crippen LogP contribution is -2.40. The molecule has 2 rings (SSSR count). The van der Waals surface area contributed by atoms with Gasteiger partial charge in [-0.3, -0.25) is 9.59 Å². The van der Waals surface area contributed by atoms with E-state index in [9.17, 15) is 18.0 Å². The van der Waals surface area contributed by atoms with Crippen molar-refractivity contribution >= 4 is 33.5 Å². The van der Waals surface area contributed by atoms with E-state index in [0.29, 0.717) is 18.0 Å². The molecule has 0 bridgehead atoms. The van der Waals surface area contributed by atoms with Gasteiger partial charge in [-0.2, -0.15) is 4.31 Å². The van der Waals surface area contributed by atoms with Crippen LogP contribution in [0.4, 0.5) is 0 Å². The van der Waals surface area contributed by atoms with Crippen molar-refractivity contribution in [3.8, 4) is 0 Å². The summed E-state index contributed by atoms with van der Waals surface area (Å²) in [5, 5.41) is 9.36. The highest BCUT2D eigenvalue weighted by Gasteiger charge is 2.32. The van der Waals surface area contributed by atoms with E-state index < -0.39 is 27.8 Å². The van der Waals surface area contributed by atoms with Gasteiger partial charge in [-0.1, -0.05) is 11.6 Å².